The van der Waals surface area contributed by atoms with Crippen molar-refractivity contribution in [3.8, 4) is 0 Å². The van der Waals surface area contributed by atoms with Gasteiger partial charge in [-0.1, -0.05) is 24.9 Å². The van der Waals surface area contributed by atoms with E-state index in [1.807, 2.05) is 29.3 Å². The normalized spacial score (nSPS) is 29.8. The Labute approximate surface area is 130 Å². The molecule has 3 nitrogen and oxygen atoms in total. The minimum Gasteiger partial charge on any atom is -0.342 e. The van der Waals surface area contributed by atoms with Gasteiger partial charge in [-0.15, -0.1) is 0 Å². The third-order valence-electron chi connectivity index (χ3n) is 4.50. The van der Waals surface area contributed by atoms with Crippen LogP contribution in [-0.4, -0.2) is 10.8 Å². The van der Waals surface area contributed by atoms with Crippen molar-refractivity contribution in [3.63, 3.8) is 0 Å². The van der Waals surface area contributed by atoms with Crippen LogP contribution in [-0.2, 0) is 0 Å². The van der Waals surface area contributed by atoms with Crippen molar-refractivity contribution in [1.82, 2.24) is 10.7 Å². The lowest BCUT2D eigenvalue weighted by molar-refractivity contribution is 0.189. The molecule has 108 valence electrons. The van der Waals surface area contributed by atoms with Crippen LogP contribution in [0.3, 0.4) is 0 Å². The number of nitrogens with one attached hydrogen (secondary N) is 2. The molecule has 1 saturated heterocycles. The molecule has 2 aliphatic rings. The first-order chi connectivity index (χ1) is 9.62. The number of benzene rings is 1. The molecule has 3 rings (SSSR count). The fourth-order valence-electron chi connectivity index (χ4n) is 3.14. The van der Waals surface area contributed by atoms with E-state index in [1.165, 1.54) is 19.3 Å². The molecule has 1 saturated carbocycles. The molecule has 0 aromatic heterocycles. The highest BCUT2D eigenvalue weighted by Crippen LogP contribution is 2.35. The third kappa shape index (κ3) is 2.65. The maximum Gasteiger partial charge on any atom is 0.189 e. The maximum absolute atomic E-state index is 5.94. The highest BCUT2D eigenvalue weighted by atomic mass is 35.5. The summed E-state index contributed by atoms with van der Waals surface area (Å²) in [5.41, 5.74) is 4.55. The van der Waals surface area contributed by atoms with Gasteiger partial charge in [-0.25, -0.2) is 5.43 Å². The zero-order valence-corrected chi connectivity index (χ0v) is 13.2. The number of nitrogens with zero attached hydrogens (tertiary/aromatic N) is 1. The molecule has 1 aromatic carbocycles. The van der Waals surface area contributed by atoms with Gasteiger partial charge in [0.05, 0.1) is 5.69 Å². The number of hydrogen-bond acceptors (Lipinski definition) is 2. The first kappa shape index (κ1) is 14.1. The summed E-state index contributed by atoms with van der Waals surface area (Å²) in [6, 6.07) is 7.75. The lowest BCUT2D eigenvalue weighted by atomic mass is 9.81. The average Bonchev–Trinajstić information content (AvgIpc) is 2.77. The molecule has 0 amide bonds. The summed E-state index contributed by atoms with van der Waals surface area (Å²) >= 11 is 11.4. The lowest BCUT2D eigenvalue weighted by Crippen LogP contribution is -2.53. The monoisotopic (exact) mass is 309 g/mol. The Kier molecular flexibility index (Phi) is 3.89. The largest absolute Gasteiger partial charge is 0.342 e. The van der Waals surface area contributed by atoms with Crippen LogP contribution in [0.5, 0.6) is 0 Å². The first-order valence-electron chi connectivity index (χ1n) is 7.27. The Balaban J connectivity index is 1.74. The summed E-state index contributed by atoms with van der Waals surface area (Å²) in [6.07, 6.45) is 6.04. The van der Waals surface area contributed by atoms with Crippen LogP contribution in [0.4, 0.5) is 5.69 Å². The van der Waals surface area contributed by atoms with Gasteiger partial charge in [0.1, 0.15) is 5.66 Å². The summed E-state index contributed by atoms with van der Waals surface area (Å²) in [5.74, 6) is 0.863. The van der Waals surface area contributed by atoms with Crippen molar-refractivity contribution >= 4 is 34.6 Å². The number of thiocarbonyl (C=S) groups is 1. The second-order valence-corrected chi connectivity index (χ2v) is 6.61. The van der Waals surface area contributed by atoms with Crippen LogP contribution >= 0.6 is 23.8 Å². The summed E-state index contributed by atoms with van der Waals surface area (Å²) in [5, 5.41) is 6.95. The molecule has 0 bridgehead atoms. The van der Waals surface area contributed by atoms with Crippen LogP contribution in [0, 0.1) is 5.92 Å². The SMILES string of the molecule is CCC1CCC2(CC1)NC(=S)N(c1ccc(Cl)cc1)N2. The van der Waals surface area contributed by atoms with Gasteiger partial charge in [0.25, 0.3) is 0 Å². The molecular weight excluding hydrogens is 290 g/mol. The number of halogens is 1. The van der Waals surface area contributed by atoms with Gasteiger partial charge >= 0.3 is 0 Å². The highest BCUT2D eigenvalue weighted by molar-refractivity contribution is 7.80. The van der Waals surface area contributed by atoms with E-state index in [2.05, 4.69) is 17.7 Å². The fourth-order valence-corrected chi connectivity index (χ4v) is 3.61. The van der Waals surface area contributed by atoms with E-state index in [-0.39, 0.29) is 5.66 Å². The Morgan fingerprint density at radius 2 is 1.95 bits per heavy atom. The molecule has 0 unspecified atom stereocenters. The van der Waals surface area contributed by atoms with Gasteiger partial charge in [0.2, 0.25) is 0 Å². The minimum atomic E-state index is -0.0532. The zero-order chi connectivity index (χ0) is 14.2. The summed E-state index contributed by atoms with van der Waals surface area (Å²) in [4.78, 5) is 0. The Hall–Kier alpha value is -0.840. The molecule has 0 radical (unpaired) electrons. The molecule has 1 heterocycles. The number of hydrogen-bond donors (Lipinski definition) is 2. The zero-order valence-electron chi connectivity index (χ0n) is 11.7. The van der Waals surface area contributed by atoms with E-state index in [9.17, 15) is 0 Å². The van der Waals surface area contributed by atoms with Crippen LogP contribution < -0.4 is 15.8 Å². The minimum absolute atomic E-state index is 0.0532. The van der Waals surface area contributed by atoms with Crippen molar-refractivity contribution in [3.05, 3.63) is 29.3 Å². The number of anilines is 1. The van der Waals surface area contributed by atoms with E-state index in [1.54, 1.807) is 0 Å². The van der Waals surface area contributed by atoms with Gasteiger partial charge in [0, 0.05) is 5.02 Å². The quantitative estimate of drug-likeness (QED) is 0.812. The first-order valence-corrected chi connectivity index (χ1v) is 8.06. The van der Waals surface area contributed by atoms with E-state index in [0.29, 0.717) is 0 Å². The molecule has 5 heteroatoms. The van der Waals surface area contributed by atoms with Crippen molar-refractivity contribution < 1.29 is 0 Å². The maximum atomic E-state index is 5.94. The molecule has 0 atom stereocenters. The Morgan fingerprint density at radius 1 is 1.30 bits per heavy atom. The van der Waals surface area contributed by atoms with Gasteiger partial charge in [0.15, 0.2) is 5.11 Å². The standard InChI is InChI=1S/C15H20ClN3S/c1-2-11-7-9-15(10-8-11)17-14(20)19(18-15)13-5-3-12(16)4-6-13/h3-6,11,18H,2,7-10H2,1H3,(H,17,20). The van der Waals surface area contributed by atoms with Crippen molar-refractivity contribution in [2.45, 2.75) is 44.7 Å². The second-order valence-electron chi connectivity index (χ2n) is 5.79. The van der Waals surface area contributed by atoms with Gasteiger partial charge in [-0.05, 0) is 68.1 Å². The molecule has 1 aliphatic carbocycles. The average molecular weight is 310 g/mol. The van der Waals surface area contributed by atoms with Gasteiger partial charge in [-0.2, -0.15) is 0 Å². The molecular formula is C15H20ClN3S. The lowest BCUT2D eigenvalue weighted by Gasteiger charge is -2.36. The molecule has 2 N–H and O–H groups in total. The van der Waals surface area contributed by atoms with Crippen LogP contribution in [0.25, 0.3) is 0 Å². The Morgan fingerprint density at radius 3 is 2.55 bits per heavy atom. The Bertz CT molecular complexity index is 494. The second kappa shape index (κ2) is 5.51. The molecule has 1 spiro atoms. The van der Waals surface area contributed by atoms with E-state index < -0.39 is 0 Å². The predicted octanol–water partition coefficient (Wildman–Crippen LogP) is 3.84. The topological polar surface area (TPSA) is 27.3 Å². The van der Waals surface area contributed by atoms with Crippen LogP contribution in [0.1, 0.15) is 39.0 Å². The summed E-state index contributed by atoms with van der Waals surface area (Å²) in [7, 11) is 0. The number of rotatable bonds is 2. The van der Waals surface area contributed by atoms with Crippen LogP contribution in [0.2, 0.25) is 5.02 Å². The van der Waals surface area contributed by atoms with Gasteiger partial charge < -0.3 is 5.32 Å². The molecule has 2 fully saturated rings. The summed E-state index contributed by atoms with van der Waals surface area (Å²) < 4.78 is 0. The highest BCUT2D eigenvalue weighted by Gasteiger charge is 2.42. The molecule has 1 aromatic rings. The molecule has 20 heavy (non-hydrogen) atoms. The smallest absolute Gasteiger partial charge is 0.189 e. The molecule has 1 aliphatic heterocycles. The number of hydrazine groups is 1. The third-order valence-corrected chi connectivity index (χ3v) is 5.03. The van der Waals surface area contributed by atoms with E-state index in [4.69, 9.17) is 23.8 Å². The summed E-state index contributed by atoms with van der Waals surface area (Å²) in [6.45, 7) is 2.28. The van der Waals surface area contributed by atoms with E-state index >= 15 is 0 Å². The van der Waals surface area contributed by atoms with Crippen molar-refractivity contribution in [2.24, 2.45) is 5.92 Å². The van der Waals surface area contributed by atoms with E-state index in [0.717, 1.165) is 34.6 Å². The predicted molar refractivity (Wildman–Crippen MR) is 87.8 cm³/mol. The van der Waals surface area contributed by atoms with Crippen LogP contribution in [0.15, 0.2) is 24.3 Å². The van der Waals surface area contributed by atoms with Crippen molar-refractivity contribution in [1.29, 1.82) is 0 Å². The fraction of sp³-hybridized carbons (Fsp3) is 0.533. The van der Waals surface area contributed by atoms with Gasteiger partial charge in [-0.3, -0.25) is 5.01 Å². The van der Waals surface area contributed by atoms with Crippen molar-refractivity contribution in [2.75, 3.05) is 5.01 Å².